The number of nitrogens with two attached hydrogens (primary N) is 1. The van der Waals surface area contributed by atoms with Crippen molar-refractivity contribution in [3.8, 4) is 11.3 Å². The number of rotatable bonds is 2. The molecule has 0 spiro atoms. The topological polar surface area (TPSA) is 84.9 Å². The van der Waals surface area contributed by atoms with Crippen LogP contribution in [0, 0.1) is 0 Å². The molecule has 0 atom stereocenters. The average molecular weight is 241 g/mol. The Kier molecular flexibility index (Phi) is 2.19. The average Bonchev–Trinajstić information content (AvgIpc) is 2.92. The molecule has 0 saturated carbocycles. The van der Waals surface area contributed by atoms with Gasteiger partial charge in [0.1, 0.15) is 0 Å². The first-order valence-electron chi connectivity index (χ1n) is 5.50. The molecule has 18 heavy (non-hydrogen) atoms. The van der Waals surface area contributed by atoms with Gasteiger partial charge in [0.25, 0.3) is 6.01 Å². The minimum absolute atomic E-state index is 0.000445. The van der Waals surface area contributed by atoms with Crippen molar-refractivity contribution < 1.29 is 9.21 Å². The smallest absolute Gasteiger partial charge is 0.293 e. The zero-order valence-electron chi connectivity index (χ0n) is 9.73. The summed E-state index contributed by atoms with van der Waals surface area (Å²) in [5.41, 5.74) is 7.55. The predicted molar refractivity (Wildman–Crippen MR) is 68.2 cm³/mol. The van der Waals surface area contributed by atoms with Gasteiger partial charge >= 0.3 is 0 Å². The van der Waals surface area contributed by atoms with Crippen LogP contribution >= 0.6 is 0 Å². The number of hydrogen-bond donors (Lipinski definition) is 2. The Hall–Kier alpha value is -2.56. The van der Waals surface area contributed by atoms with Gasteiger partial charge in [-0.15, -0.1) is 0 Å². The molecule has 0 saturated heterocycles. The molecular weight excluding hydrogens is 230 g/mol. The summed E-state index contributed by atoms with van der Waals surface area (Å²) in [7, 11) is 0. The van der Waals surface area contributed by atoms with E-state index in [2.05, 4.69) is 9.97 Å². The molecular formula is C13H11N3O2. The van der Waals surface area contributed by atoms with E-state index in [1.54, 1.807) is 6.20 Å². The lowest BCUT2D eigenvalue weighted by Crippen LogP contribution is -1.95. The normalized spacial score (nSPS) is 10.9. The van der Waals surface area contributed by atoms with Gasteiger partial charge in [-0.3, -0.25) is 4.79 Å². The third-order valence-electron chi connectivity index (χ3n) is 2.81. The maximum absolute atomic E-state index is 11.5. The number of carbonyl (C=O) groups excluding carboxylic acids is 1. The summed E-state index contributed by atoms with van der Waals surface area (Å²) in [4.78, 5) is 18.6. The van der Waals surface area contributed by atoms with Gasteiger partial charge in [-0.2, -0.15) is 4.98 Å². The lowest BCUT2D eigenvalue weighted by Gasteiger charge is -1.96. The minimum atomic E-state index is -0.171. The Bertz CT molecular complexity index is 740. The molecule has 90 valence electrons. The molecule has 0 aliphatic carbocycles. The number of aromatic nitrogens is 2. The Morgan fingerprint density at radius 2 is 2.17 bits per heavy atom. The fraction of sp³-hybridized carbons (Fsp3) is 0.0769. The van der Waals surface area contributed by atoms with Gasteiger partial charge in [0.2, 0.25) is 0 Å². The Balaban J connectivity index is 2.29. The molecule has 0 aliphatic heterocycles. The van der Waals surface area contributed by atoms with Crippen LogP contribution in [0.3, 0.4) is 0 Å². The molecule has 0 fully saturated rings. The van der Waals surface area contributed by atoms with Gasteiger partial charge < -0.3 is 15.1 Å². The van der Waals surface area contributed by atoms with Crippen molar-refractivity contribution in [3.63, 3.8) is 0 Å². The molecule has 0 bridgehead atoms. The van der Waals surface area contributed by atoms with Crippen LogP contribution < -0.4 is 5.73 Å². The number of nitrogen functional groups attached to an aromatic ring is 1. The first-order valence-corrected chi connectivity index (χ1v) is 5.50. The van der Waals surface area contributed by atoms with Crippen LogP contribution in [0.1, 0.15) is 17.4 Å². The number of Topliss-reactive ketones (excluding diaryl/α,β-unsaturated/α-hetero) is 1. The quantitative estimate of drug-likeness (QED) is 0.675. The lowest BCUT2D eigenvalue weighted by atomic mass is 10.1. The predicted octanol–water partition coefficient (Wildman–Crippen LogP) is 2.61. The number of fused-ring (bicyclic) bond motifs is 1. The van der Waals surface area contributed by atoms with E-state index in [0.717, 1.165) is 16.5 Å². The van der Waals surface area contributed by atoms with Crippen molar-refractivity contribution in [3.05, 3.63) is 36.2 Å². The first kappa shape index (κ1) is 10.6. The zero-order chi connectivity index (χ0) is 12.7. The molecule has 0 amide bonds. The van der Waals surface area contributed by atoms with E-state index in [-0.39, 0.29) is 17.5 Å². The Morgan fingerprint density at radius 1 is 1.39 bits per heavy atom. The number of carbonyl (C=O) groups is 1. The van der Waals surface area contributed by atoms with E-state index in [1.807, 2.05) is 24.3 Å². The molecule has 2 heterocycles. The molecule has 3 rings (SSSR count). The van der Waals surface area contributed by atoms with Gasteiger partial charge in [0, 0.05) is 29.6 Å². The van der Waals surface area contributed by atoms with Crippen LogP contribution in [0.4, 0.5) is 6.01 Å². The van der Waals surface area contributed by atoms with Gasteiger partial charge in [-0.05, 0) is 6.07 Å². The maximum atomic E-state index is 11.5. The van der Waals surface area contributed by atoms with Crippen LogP contribution in [0.25, 0.3) is 22.2 Å². The first-order chi connectivity index (χ1) is 8.66. The summed E-state index contributed by atoms with van der Waals surface area (Å²) in [6, 6.07) is 7.76. The van der Waals surface area contributed by atoms with E-state index in [9.17, 15) is 4.79 Å². The zero-order valence-corrected chi connectivity index (χ0v) is 9.73. The van der Waals surface area contributed by atoms with Crippen molar-refractivity contribution in [1.29, 1.82) is 0 Å². The highest BCUT2D eigenvalue weighted by Crippen LogP contribution is 2.32. The number of ketones is 1. The number of benzene rings is 1. The van der Waals surface area contributed by atoms with Crippen molar-refractivity contribution in [2.75, 3.05) is 5.73 Å². The number of oxazole rings is 1. The van der Waals surface area contributed by atoms with E-state index >= 15 is 0 Å². The lowest BCUT2D eigenvalue weighted by molar-refractivity contribution is 0.101. The van der Waals surface area contributed by atoms with Crippen molar-refractivity contribution in [2.24, 2.45) is 0 Å². The monoisotopic (exact) mass is 241 g/mol. The number of hydrogen-bond acceptors (Lipinski definition) is 4. The summed E-state index contributed by atoms with van der Waals surface area (Å²) < 4.78 is 5.35. The van der Waals surface area contributed by atoms with Crippen LogP contribution in [0.15, 0.2) is 34.9 Å². The van der Waals surface area contributed by atoms with E-state index in [0.29, 0.717) is 5.76 Å². The number of aromatic amines is 1. The van der Waals surface area contributed by atoms with Gasteiger partial charge in [-0.1, -0.05) is 18.2 Å². The molecule has 0 radical (unpaired) electrons. The number of anilines is 1. The van der Waals surface area contributed by atoms with E-state index < -0.39 is 0 Å². The summed E-state index contributed by atoms with van der Waals surface area (Å²) in [6.07, 6.45) is 1.79. The largest absolute Gasteiger partial charge is 0.423 e. The van der Waals surface area contributed by atoms with Crippen LogP contribution in [-0.2, 0) is 0 Å². The molecule has 5 heteroatoms. The fourth-order valence-corrected chi connectivity index (χ4v) is 2.02. The van der Waals surface area contributed by atoms with Gasteiger partial charge in [-0.25, -0.2) is 0 Å². The molecule has 0 aliphatic rings. The fourth-order valence-electron chi connectivity index (χ4n) is 2.02. The molecule has 5 nitrogen and oxygen atoms in total. The Morgan fingerprint density at radius 3 is 2.94 bits per heavy atom. The second kappa shape index (κ2) is 3.73. The van der Waals surface area contributed by atoms with Gasteiger partial charge in [0.15, 0.2) is 17.2 Å². The highest BCUT2D eigenvalue weighted by atomic mass is 16.4. The van der Waals surface area contributed by atoms with Crippen molar-refractivity contribution in [1.82, 2.24) is 9.97 Å². The van der Waals surface area contributed by atoms with Crippen LogP contribution in [0.5, 0.6) is 0 Å². The second-order valence-electron chi connectivity index (χ2n) is 4.03. The number of para-hydroxylation sites is 1. The van der Waals surface area contributed by atoms with Gasteiger partial charge in [0.05, 0.1) is 0 Å². The van der Waals surface area contributed by atoms with Crippen LogP contribution in [0.2, 0.25) is 0 Å². The third-order valence-corrected chi connectivity index (χ3v) is 2.81. The molecule has 2 aromatic heterocycles. The number of nitrogens with one attached hydrogen (secondary N) is 1. The summed E-state index contributed by atoms with van der Waals surface area (Å²) in [5.74, 6) is 0.244. The third kappa shape index (κ3) is 1.48. The standard InChI is InChI=1S/C13H11N3O2/c1-7(17)11-12(18-13(14)16-11)9-6-15-10-5-3-2-4-8(9)10/h2-6,15H,1H3,(H2,14,16). The summed E-state index contributed by atoms with van der Waals surface area (Å²) in [5, 5.41) is 0.969. The SMILES string of the molecule is CC(=O)c1nc(N)oc1-c1c[nH]c2ccccc12. The molecule has 0 unspecified atom stereocenters. The second-order valence-corrected chi connectivity index (χ2v) is 4.03. The van der Waals surface area contributed by atoms with Crippen molar-refractivity contribution in [2.45, 2.75) is 6.92 Å². The molecule has 1 aromatic carbocycles. The number of nitrogens with zero attached hydrogens (tertiary/aromatic N) is 1. The Labute approximate surface area is 103 Å². The molecule has 3 N–H and O–H groups in total. The highest BCUT2D eigenvalue weighted by Gasteiger charge is 2.19. The maximum Gasteiger partial charge on any atom is 0.293 e. The summed E-state index contributed by atoms with van der Waals surface area (Å²) in [6.45, 7) is 1.44. The highest BCUT2D eigenvalue weighted by molar-refractivity contribution is 6.03. The van der Waals surface area contributed by atoms with Crippen molar-refractivity contribution >= 4 is 22.7 Å². The minimum Gasteiger partial charge on any atom is -0.423 e. The van der Waals surface area contributed by atoms with E-state index in [1.165, 1.54) is 6.92 Å². The van der Waals surface area contributed by atoms with Crippen LogP contribution in [-0.4, -0.2) is 15.8 Å². The summed E-state index contributed by atoms with van der Waals surface area (Å²) >= 11 is 0. The molecule has 3 aromatic rings. The van der Waals surface area contributed by atoms with E-state index in [4.69, 9.17) is 10.2 Å². The number of H-pyrrole nitrogens is 1.